The molecule has 0 spiro atoms. The maximum Gasteiger partial charge on any atom is 0.341 e. The van der Waals surface area contributed by atoms with Crippen LogP contribution < -0.4 is 0 Å². The van der Waals surface area contributed by atoms with Crippen LogP contribution >= 0.6 is 0 Å². The van der Waals surface area contributed by atoms with E-state index >= 15 is 0 Å². The Balaban J connectivity index is 1.48. The van der Waals surface area contributed by atoms with Gasteiger partial charge in [0, 0.05) is 18.7 Å². The van der Waals surface area contributed by atoms with E-state index in [9.17, 15) is 4.79 Å². The minimum atomic E-state index is -0.289. The lowest BCUT2D eigenvalue weighted by Gasteiger charge is -2.21. The van der Waals surface area contributed by atoms with Crippen LogP contribution in [0.15, 0.2) is 42.7 Å². The van der Waals surface area contributed by atoms with Gasteiger partial charge in [-0.1, -0.05) is 18.2 Å². The highest BCUT2D eigenvalue weighted by Crippen LogP contribution is 2.49. The minimum Gasteiger partial charge on any atom is -0.455 e. The Bertz CT molecular complexity index is 670. The third-order valence-corrected chi connectivity index (χ3v) is 4.55. The third-order valence-electron chi connectivity index (χ3n) is 4.55. The number of rotatable bonds is 4. The highest BCUT2D eigenvalue weighted by molar-refractivity contribution is 5.89. The zero-order valence-electron chi connectivity index (χ0n) is 12.3. The van der Waals surface area contributed by atoms with Crippen molar-refractivity contribution in [2.24, 2.45) is 5.92 Å². The van der Waals surface area contributed by atoms with Crippen LogP contribution in [0.3, 0.4) is 0 Å². The molecule has 4 rings (SSSR count). The number of hydrogen-bond acceptors (Lipinski definition) is 4. The summed E-state index contributed by atoms with van der Waals surface area (Å²) < 4.78 is 12.9. The summed E-state index contributed by atoms with van der Waals surface area (Å²) in [4.78, 5) is 12.4. The summed E-state index contributed by atoms with van der Waals surface area (Å²) in [5.41, 5.74) is 1.13. The lowest BCUT2D eigenvalue weighted by molar-refractivity contribution is 0.000835. The molecule has 1 aliphatic carbocycles. The van der Waals surface area contributed by atoms with Gasteiger partial charge in [-0.3, -0.25) is 0 Å². The number of hydrogen-bond donors (Lipinski definition) is 0. The van der Waals surface area contributed by atoms with Gasteiger partial charge in [0.1, 0.15) is 5.60 Å². The molecule has 2 aromatic rings. The van der Waals surface area contributed by atoms with Crippen molar-refractivity contribution in [2.75, 3.05) is 13.2 Å². The molecule has 5 heteroatoms. The summed E-state index contributed by atoms with van der Waals surface area (Å²) in [5, 5.41) is 4.25. The first-order valence-corrected chi connectivity index (χ1v) is 7.68. The second-order valence-electron chi connectivity index (χ2n) is 6.02. The Morgan fingerprint density at radius 2 is 2.14 bits per heavy atom. The van der Waals surface area contributed by atoms with Crippen LogP contribution in [0, 0.1) is 5.92 Å². The average Bonchev–Trinajstić information content (AvgIpc) is 3.02. The molecule has 1 atom stereocenters. The van der Waals surface area contributed by atoms with Crippen LogP contribution in [0.1, 0.15) is 29.6 Å². The molecule has 1 aliphatic heterocycles. The summed E-state index contributed by atoms with van der Waals surface area (Å²) in [6.45, 7) is 1.48. The van der Waals surface area contributed by atoms with Gasteiger partial charge >= 0.3 is 5.97 Å². The zero-order chi connectivity index (χ0) is 15.0. The highest BCUT2D eigenvalue weighted by Gasteiger charge is 2.54. The van der Waals surface area contributed by atoms with Crippen LogP contribution in [-0.2, 0) is 9.47 Å². The molecule has 0 bridgehead atoms. The fraction of sp³-hybridized carbons (Fsp3) is 0.412. The second kappa shape index (κ2) is 5.25. The largest absolute Gasteiger partial charge is 0.455 e. The molecule has 1 saturated carbocycles. The molecule has 1 unspecified atom stereocenters. The molecule has 1 aromatic carbocycles. The quantitative estimate of drug-likeness (QED) is 0.814. The van der Waals surface area contributed by atoms with Crippen molar-refractivity contribution in [1.82, 2.24) is 9.78 Å². The topological polar surface area (TPSA) is 53.4 Å². The molecule has 2 fully saturated rings. The van der Waals surface area contributed by atoms with E-state index in [2.05, 4.69) is 5.10 Å². The normalized spacial score (nSPS) is 22.5. The van der Waals surface area contributed by atoms with Gasteiger partial charge in [0.15, 0.2) is 0 Å². The van der Waals surface area contributed by atoms with Gasteiger partial charge in [0.25, 0.3) is 0 Å². The molecule has 0 radical (unpaired) electrons. The molecule has 2 aliphatic rings. The maximum absolute atomic E-state index is 12.4. The maximum atomic E-state index is 12.4. The van der Waals surface area contributed by atoms with Gasteiger partial charge < -0.3 is 9.47 Å². The first kappa shape index (κ1) is 13.5. The summed E-state index contributed by atoms with van der Waals surface area (Å²) >= 11 is 0. The predicted octanol–water partition coefficient (Wildman–Crippen LogP) is 2.60. The second-order valence-corrected chi connectivity index (χ2v) is 6.02. The highest BCUT2D eigenvalue weighted by atomic mass is 16.6. The number of carbonyl (C=O) groups is 1. The van der Waals surface area contributed by atoms with E-state index in [-0.39, 0.29) is 11.6 Å². The number of esters is 1. The summed E-state index contributed by atoms with van der Waals surface area (Å²) in [6.07, 6.45) is 6.16. The van der Waals surface area contributed by atoms with Gasteiger partial charge in [-0.25, -0.2) is 9.48 Å². The van der Waals surface area contributed by atoms with Crippen molar-refractivity contribution in [3.05, 3.63) is 48.3 Å². The summed E-state index contributed by atoms with van der Waals surface area (Å²) in [5.74, 6) is 0.0622. The van der Waals surface area contributed by atoms with Crippen molar-refractivity contribution in [2.45, 2.75) is 24.9 Å². The first-order chi connectivity index (χ1) is 10.8. The predicted molar refractivity (Wildman–Crippen MR) is 79.9 cm³/mol. The number of carbonyl (C=O) groups excluding carboxylic acids is 1. The van der Waals surface area contributed by atoms with Crippen LogP contribution in [0.25, 0.3) is 5.69 Å². The van der Waals surface area contributed by atoms with E-state index < -0.39 is 0 Å². The monoisotopic (exact) mass is 298 g/mol. The van der Waals surface area contributed by atoms with E-state index in [4.69, 9.17) is 9.47 Å². The number of para-hydroxylation sites is 1. The van der Waals surface area contributed by atoms with Gasteiger partial charge in [-0.05, 0) is 31.4 Å². The Hall–Kier alpha value is -2.14. The number of aromatic nitrogens is 2. The van der Waals surface area contributed by atoms with Crippen molar-refractivity contribution in [1.29, 1.82) is 0 Å². The van der Waals surface area contributed by atoms with E-state index in [1.54, 1.807) is 17.1 Å². The van der Waals surface area contributed by atoms with Crippen LogP contribution in [0.2, 0.25) is 0 Å². The zero-order valence-corrected chi connectivity index (χ0v) is 12.3. The molecule has 5 nitrogen and oxygen atoms in total. The molecule has 0 N–H and O–H groups in total. The van der Waals surface area contributed by atoms with Crippen molar-refractivity contribution < 1.29 is 14.3 Å². The average molecular weight is 298 g/mol. The van der Waals surface area contributed by atoms with Gasteiger partial charge in [0.2, 0.25) is 0 Å². The first-order valence-electron chi connectivity index (χ1n) is 7.68. The molecule has 1 aromatic heterocycles. The Kier molecular flexibility index (Phi) is 3.22. The fourth-order valence-corrected chi connectivity index (χ4v) is 3.06. The van der Waals surface area contributed by atoms with Crippen LogP contribution in [-0.4, -0.2) is 34.6 Å². The van der Waals surface area contributed by atoms with E-state index in [1.807, 2.05) is 30.3 Å². The van der Waals surface area contributed by atoms with E-state index in [0.717, 1.165) is 31.6 Å². The third kappa shape index (κ3) is 2.41. The Morgan fingerprint density at radius 1 is 1.32 bits per heavy atom. The van der Waals surface area contributed by atoms with Gasteiger partial charge in [-0.2, -0.15) is 5.10 Å². The fourth-order valence-electron chi connectivity index (χ4n) is 3.06. The summed E-state index contributed by atoms with van der Waals surface area (Å²) in [6, 6.07) is 9.71. The molecule has 22 heavy (non-hydrogen) atoms. The van der Waals surface area contributed by atoms with Crippen molar-refractivity contribution in [3.8, 4) is 5.69 Å². The van der Waals surface area contributed by atoms with Gasteiger partial charge in [-0.15, -0.1) is 0 Å². The lowest BCUT2D eigenvalue weighted by atomic mass is 9.99. The minimum absolute atomic E-state index is 0.286. The molecule has 1 saturated heterocycles. The standard InChI is InChI=1S/C17H18N2O3/c20-16(22-17(7-8-17)14-6-9-21-12-14)13-10-18-19(11-13)15-4-2-1-3-5-15/h1-5,10-11,14H,6-9,12H2. The number of nitrogens with zero attached hydrogens (tertiary/aromatic N) is 2. The SMILES string of the molecule is O=C(OC1(C2CCOC2)CC1)c1cnn(-c2ccccc2)c1. The molecule has 0 amide bonds. The van der Waals surface area contributed by atoms with Crippen molar-refractivity contribution in [3.63, 3.8) is 0 Å². The number of ether oxygens (including phenoxy) is 2. The molecule has 114 valence electrons. The lowest BCUT2D eigenvalue weighted by Crippen LogP contribution is -2.29. The molecular weight excluding hydrogens is 280 g/mol. The molecular formula is C17H18N2O3. The Morgan fingerprint density at radius 3 is 2.82 bits per heavy atom. The Labute approximate surface area is 128 Å². The van der Waals surface area contributed by atoms with Crippen LogP contribution in [0.5, 0.6) is 0 Å². The smallest absolute Gasteiger partial charge is 0.341 e. The number of benzene rings is 1. The molecule has 2 heterocycles. The summed E-state index contributed by atoms with van der Waals surface area (Å²) in [7, 11) is 0. The van der Waals surface area contributed by atoms with Gasteiger partial charge in [0.05, 0.1) is 24.1 Å². The van der Waals surface area contributed by atoms with Crippen molar-refractivity contribution >= 4 is 5.97 Å². The van der Waals surface area contributed by atoms with E-state index in [1.165, 1.54) is 0 Å². The van der Waals surface area contributed by atoms with E-state index in [0.29, 0.717) is 18.1 Å². The van der Waals surface area contributed by atoms with Crippen LogP contribution in [0.4, 0.5) is 0 Å².